The predicted octanol–water partition coefficient (Wildman–Crippen LogP) is 2.28. The molecule has 116 valence electrons. The molecule has 1 aromatic heterocycles. The normalized spacial score (nSPS) is 19.0. The van der Waals surface area contributed by atoms with Crippen LogP contribution in [0.4, 0.5) is 0 Å². The molecule has 2 aromatic rings. The standard InChI is InChI=1S/C16H19N3O3/c1-11-15(19-22-18-11)16(20)17-14(9-12-7-8-21-10-12)13-5-3-2-4-6-13/h2-6,12,14H,7-10H2,1H3,(H,17,20)/t12-,14-/m0/s1. The van der Waals surface area contributed by atoms with Crippen LogP contribution in [0.5, 0.6) is 0 Å². The van der Waals surface area contributed by atoms with Crippen molar-refractivity contribution in [2.75, 3.05) is 13.2 Å². The maximum Gasteiger partial charge on any atom is 0.275 e. The molecule has 2 atom stereocenters. The number of nitrogens with zero attached hydrogens (tertiary/aromatic N) is 2. The summed E-state index contributed by atoms with van der Waals surface area (Å²) >= 11 is 0. The molecule has 6 nitrogen and oxygen atoms in total. The van der Waals surface area contributed by atoms with Crippen molar-refractivity contribution in [3.63, 3.8) is 0 Å². The minimum absolute atomic E-state index is 0.0727. The zero-order valence-electron chi connectivity index (χ0n) is 12.5. The second-order valence-corrected chi connectivity index (χ2v) is 5.60. The molecule has 1 amide bonds. The van der Waals surface area contributed by atoms with Gasteiger partial charge in [-0.05, 0) is 36.4 Å². The lowest BCUT2D eigenvalue weighted by Gasteiger charge is -2.21. The fourth-order valence-electron chi connectivity index (χ4n) is 2.73. The van der Waals surface area contributed by atoms with E-state index in [2.05, 4.69) is 20.3 Å². The summed E-state index contributed by atoms with van der Waals surface area (Å²) < 4.78 is 10.0. The third-order valence-corrected chi connectivity index (χ3v) is 3.97. The van der Waals surface area contributed by atoms with Crippen LogP contribution in [0, 0.1) is 12.8 Å². The molecule has 1 N–H and O–H groups in total. The van der Waals surface area contributed by atoms with Crippen molar-refractivity contribution in [2.24, 2.45) is 5.92 Å². The van der Waals surface area contributed by atoms with E-state index in [9.17, 15) is 4.79 Å². The van der Waals surface area contributed by atoms with Crippen LogP contribution in [0.25, 0.3) is 0 Å². The minimum Gasteiger partial charge on any atom is -0.381 e. The van der Waals surface area contributed by atoms with E-state index in [0.717, 1.165) is 31.6 Å². The molecule has 1 saturated heterocycles. The van der Waals surface area contributed by atoms with E-state index in [1.165, 1.54) is 0 Å². The Morgan fingerprint density at radius 2 is 2.18 bits per heavy atom. The van der Waals surface area contributed by atoms with E-state index in [4.69, 9.17) is 4.74 Å². The Balaban J connectivity index is 1.76. The van der Waals surface area contributed by atoms with E-state index < -0.39 is 0 Å². The van der Waals surface area contributed by atoms with Crippen molar-refractivity contribution >= 4 is 5.91 Å². The van der Waals surface area contributed by atoms with Gasteiger partial charge in [0.1, 0.15) is 5.69 Å². The van der Waals surface area contributed by atoms with Crippen molar-refractivity contribution in [3.05, 3.63) is 47.3 Å². The van der Waals surface area contributed by atoms with Crippen molar-refractivity contribution in [2.45, 2.75) is 25.8 Å². The van der Waals surface area contributed by atoms with Crippen LogP contribution in [0.1, 0.15) is 40.6 Å². The van der Waals surface area contributed by atoms with E-state index in [0.29, 0.717) is 11.6 Å². The first-order valence-electron chi connectivity index (χ1n) is 7.46. The molecule has 0 aliphatic carbocycles. The van der Waals surface area contributed by atoms with Crippen LogP contribution >= 0.6 is 0 Å². The smallest absolute Gasteiger partial charge is 0.275 e. The summed E-state index contributed by atoms with van der Waals surface area (Å²) in [5.74, 6) is 0.202. The van der Waals surface area contributed by atoms with E-state index in [-0.39, 0.29) is 17.6 Å². The number of hydrogen-bond donors (Lipinski definition) is 1. The number of hydrogen-bond acceptors (Lipinski definition) is 5. The highest BCUT2D eigenvalue weighted by Crippen LogP contribution is 2.26. The number of aryl methyl sites for hydroxylation is 1. The minimum atomic E-state index is -0.258. The number of ether oxygens (including phenoxy) is 1. The van der Waals surface area contributed by atoms with Crippen LogP contribution in [-0.2, 0) is 4.74 Å². The molecule has 6 heteroatoms. The average molecular weight is 301 g/mol. The first kappa shape index (κ1) is 14.7. The summed E-state index contributed by atoms with van der Waals surface area (Å²) in [6.45, 7) is 3.25. The van der Waals surface area contributed by atoms with Gasteiger partial charge in [0.15, 0.2) is 5.69 Å². The molecule has 2 heterocycles. The Morgan fingerprint density at radius 1 is 1.36 bits per heavy atom. The fourth-order valence-corrected chi connectivity index (χ4v) is 2.73. The van der Waals surface area contributed by atoms with Gasteiger partial charge in [-0.2, -0.15) is 0 Å². The number of carbonyl (C=O) groups excluding carboxylic acids is 1. The fraction of sp³-hybridized carbons (Fsp3) is 0.438. The Morgan fingerprint density at radius 3 is 2.82 bits per heavy atom. The summed E-state index contributed by atoms with van der Waals surface area (Å²) in [5, 5.41) is 10.4. The Hall–Kier alpha value is -2.21. The SMILES string of the molecule is Cc1nonc1C(=O)N[C@@H](C[C@@H]1CCOC1)c1ccccc1. The lowest BCUT2D eigenvalue weighted by Crippen LogP contribution is -2.31. The number of aromatic nitrogens is 2. The summed E-state index contributed by atoms with van der Waals surface area (Å²) in [6, 6.07) is 9.89. The molecule has 0 radical (unpaired) electrons. The van der Waals surface area contributed by atoms with E-state index in [1.807, 2.05) is 30.3 Å². The number of benzene rings is 1. The van der Waals surface area contributed by atoms with Gasteiger partial charge in [-0.1, -0.05) is 35.5 Å². The summed E-state index contributed by atoms with van der Waals surface area (Å²) in [4.78, 5) is 12.4. The van der Waals surface area contributed by atoms with E-state index in [1.54, 1.807) is 6.92 Å². The van der Waals surface area contributed by atoms with Crippen molar-refractivity contribution in [3.8, 4) is 0 Å². The van der Waals surface area contributed by atoms with Crippen molar-refractivity contribution in [1.82, 2.24) is 15.6 Å². The molecule has 0 unspecified atom stereocenters. The van der Waals surface area contributed by atoms with Gasteiger partial charge in [0.25, 0.3) is 5.91 Å². The maximum absolute atomic E-state index is 12.4. The highest BCUT2D eigenvalue weighted by atomic mass is 16.6. The first-order valence-corrected chi connectivity index (χ1v) is 7.46. The lowest BCUT2D eigenvalue weighted by atomic mass is 9.94. The Kier molecular flexibility index (Phi) is 4.48. The van der Waals surface area contributed by atoms with Gasteiger partial charge >= 0.3 is 0 Å². The van der Waals surface area contributed by atoms with Crippen LogP contribution in [0.3, 0.4) is 0 Å². The highest BCUT2D eigenvalue weighted by Gasteiger charge is 2.25. The van der Waals surface area contributed by atoms with Crippen LogP contribution in [0.15, 0.2) is 35.0 Å². The number of amides is 1. The van der Waals surface area contributed by atoms with Gasteiger partial charge in [0.2, 0.25) is 0 Å². The number of carbonyl (C=O) groups is 1. The monoisotopic (exact) mass is 301 g/mol. The summed E-state index contributed by atoms with van der Waals surface area (Å²) in [5.41, 5.74) is 1.81. The average Bonchev–Trinajstić information content (AvgIpc) is 3.19. The molecule has 22 heavy (non-hydrogen) atoms. The summed E-state index contributed by atoms with van der Waals surface area (Å²) in [7, 11) is 0. The van der Waals surface area contributed by atoms with Gasteiger partial charge in [-0.15, -0.1) is 0 Å². The van der Waals surface area contributed by atoms with Crippen molar-refractivity contribution < 1.29 is 14.2 Å². The van der Waals surface area contributed by atoms with Gasteiger partial charge in [0.05, 0.1) is 6.04 Å². The molecule has 0 bridgehead atoms. The Bertz CT molecular complexity index is 621. The molecule has 3 rings (SSSR count). The zero-order valence-corrected chi connectivity index (χ0v) is 12.5. The zero-order chi connectivity index (χ0) is 15.4. The lowest BCUT2D eigenvalue weighted by molar-refractivity contribution is 0.0918. The van der Waals surface area contributed by atoms with Crippen LogP contribution in [0.2, 0.25) is 0 Å². The topological polar surface area (TPSA) is 77.2 Å². The maximum atomic E-state index is 12.4. The molecule has 1 aliphatic heterocycles. The molecular weight excluding hydrogens is 282 g/mol. The third-order valence-electron chi connectivity index (χ3n) is 3.97. The van der Waals surface area contributed by atoms with Crippen LogP contribution in [-0.4, -0.2) is 29.4 Å². The molecular formula is C16H19N3O3. The second kappa shape index (κ2) is 6.70. The molecule has 1 aliphatic rings. The van der Waals surface area contributed by atoms with Gasteiger partial charge in [0, 0.05) is 13.2 Å². The number of rotatable bonds is 5. The summed E-state index contributed by atoms with van der Waals surface area (Å²) in [6.07, 6.45) is 1.88. The van der Waals surface area contributed by atoms with Gasteiger partial charge in [-0.3, -0.25) is 4.79 Å². The third kappa shape index (κ3) is 3.33. The second-order valence-electron chi connectivity index (χ2n) is 5.60. The largest absolute Gasteiger partial charge is 0.381 e. The predicted molar refractivity (Wildman–Crippen MR) is 79.2 cm³/mol. The quantitative estimate of drug-likeness (QED) is 0.916. The molecule has 1 fully saturated rings. The van der Waals surface area contributed by atoms with E-state index >= 15 is 0 Å². The van der Waals surface area contributed by atoms with Gasteiger partial charge < -0.3 is 10.1 Å². The number of nitrogens with one attached hydrogen (secondary N) is 1. The first-order chi connectivity index (χ1) is 10.7. The Labute approximate surface area is 128 Å². The van der Waals surface area contributed by atoms with Crippen molar-refractivity contribution in [1.29, 1.82) is 0 Å². The highest BCUT2D eigenvalue weighted by molar-refractivity contribution is 5.93. The molecule has 0 saturated carbocycles. The molecule has 0 spiro atoms. The molecule has 1 aromatic carbocycles. The van der Waals surface area contributed by atoms with Crippen LogP contribution < -0.4 is 5.32 Å². The van der Waals surface area contributed by atoms with Gasteiger partial charge in [-0.25, -0.2) is 4.63 Å².